The highest BCUT2D eigenvalue weighted by Crippen LogP contribution is 2.27. The second-order valence-electron chi connectivity index (χ2n) is 9.53. The Morgan fingerprint density at radius 2 is 1.44 bits per heavy atom. The van der Waals surface area contributed by atoms with Crippen LogP contribution >= 0.6 is 0 Å². The summed E-state index contributed by atoms with van der Waals surface area (Å²) in [6.07, 6.45) is 0.672. The number of hydrogen-bond acceptors (Lipinski definition) is 5. The van der Waals surface area contributed by atoms with Gasteiger partial charge in [0.25, 0.3) is 10.0 Å². The van der Waals surface area contributed by atoms with Crippen molar-refractivity contribution in [2.75, 3.05) is 17.5 Å². The summed E-state index contributed by atoms with van der Waals surface area (Å²) in [5, 5.41) is 2.85. The average Bonchev–Trinajstić information content (AvgIpc) is 2.95. The molecule has 220 valence electrons. The molecule has 41 heavy (non-hydrogen) atoms. The summed E-state index contributed by atoms with van der Waals surface area (Å²) in [6, 6.07) is 14.8. The lowest BCUT2D eigenvalue weighted by molar-refractivity contribution is -0.139. The average molecular weight is 588 g/mol. The van der Waals surface area contributed by atoms with Crippen molar-refractivity contribution < 1.29 is 31.5 Å². The van der Waals surface area contributed by atoms with Crippen molar-refractivity contribution in [3.05, 3.63) is 90.0 Å². The number of nitrogens with one attached hydrogen (secondary N) is 1. The van der Waals surface area contributed by atoms with E-state index in [0.29, 0.717) is 24.3 Å². The lowest BCUT2D eigenvalue weighted by Crippen LogP contribution is -2.52. The number of ether oxygens (including phenoxy) is 1. The Hall–Kier alpha value is -3.99. The van der Waals surface area contributed by atoms with E-state index in [1.807, 2.05) is 20.8 Å². The van der Waals surface area contributed by atoms with Crippen LogP contribution in [0.1, 0.15) is 39.7 Å². The number of amides is 2. The minimum absolute atomic E-state index is 0.0675. The van der Waals surface area contributed by atoms with Crippen molar-refractivity contribution in [3.63, 3.8) is 0 Å². The first-order valence-corrected chi connectivity index (χ1v) is 14.8. The Labute approximate surface area is 240 Å². The number of sulfonamides is 1. The SMILES string of the molecule is CCOc1ccc(N(CC(=O)N(Cc2ccc(F)cc2)[C@H](C)C(=O)N[C@@H](C)CC)S(=O)(=O)c2ccc(F)cc2)cc1. The molecule has 0 heterocycles. The van der Waals surface area contributed by atoms with Crippen molar-refractivity contribution in [2.45, 2.75) is 57.6 Å². The van der Waals surface area contributed by atoms with Crippen molar-refractivity contribution in [3.8, 4) is 5.75 Å². The lowest BCUT2D eigenvalue weighted by atomic mass is 10.1. The van der Waals surface area contributed by atoms with Crippen LogP contribution < -0.4 is 14.4 Å². The van der Waals surface area contributed by atoms with E-state index in [9.17, 15) is 26.8 Å². The molecule has 11 heteroatoms. The molecule has 0 bridgehead atoms. The monoisotopic (exact) mass is 587 g/mol. The summed E-state index contributed by atoms with van der Waals surface area (Å²) in [7, 11) is -4.34. The number of rotatable bonds is 13. The van der Waals surface area contributed by atoms with E-state index in [1.165, 1.54) is 41.3 Å². The summed E-state index contributed by atoms with van der Waals surface area (Å²) < 4.78 is 61.1. The molecule has 3 aromatic rings. The fourth-order valence-electron chi connectivity index (χ4n) is 3.97. The Bertz CT molecular complexity index is 1420. The van der Waals surface area contributed by atoms with Crippen molar-refractivity contribution in [1.29, 1.82) is 0 Å². The minimum atomic E-state index is -4.34. The van der Waals surface area contributed by atoms with Gasteiger partial charge in [0, 0.05) is 12.6 Å². The molecule has 3 rings (SSSR count). The van der Waals surface area contributed by atoms with E-state index in [2.05, 4.69) is 5.32 Å². The van der Waals surface area contributed by atoms with Gasteiger partial charge < -0.3 is 15.0 Å². The molecule has 0 unspecified atom stereocenters. The molecule has 0 saturated carbocycles. The number of carbonyl (C=O) groups excluding carboxylic acids is 2. The van der Waals surface area contributed by atoms with Gasteiger partial charge in [-0.1, -0.05) is 19.1 Å². The number of halogens is 2. The standard InChI is InChI=1S/C30H35F2N3O5S/c1-5-21(3)33-30(37)22(4)34(19-23-7-9-24(31)10-8-23)29(36)20-35(26-13-15-27(16-14-26)40-6-2)41(38,39)28-17-11-25(32)12-18-28/h7-18,21-22H,5-6,19-20H2,1-4H3,(H,33,37)/t21-,22+/m0/s1. The zero-order valence-corrected chi connectivity index (χ0v) is 24.3. The van der Waals surface area contributed by atoms with Gasteiger partial charge in [-0.15, -0.1) is 0 Å². The van der Waals surface area contributed by atoms with Crippen LogP contribution in [0.2, 0.25) is 0 Å². The predicted octanol–water partition coefficient (Wildman–Crippen LogP) is 4.89. The molecule has 2 amide bonds. The van der Waals surface area contributed by atoms with E-state index in [0.717, 1.165) is 28.6 Å². The summed E-state index contributed by atoms with van der Waals surface area (Å²) in [4.78, 5) is 28.0. The van der Waals surface area contributed by atoms with Crippen LogP contribution in [0.3, 0.4) is 0 Å². The van der Waals surface area contributed by atoms with Gasteiger partial charge >= 0.3 is 0 Å². The molecule has 0 radical (unpaired) electrons. The molecule has 0 aliphatic rings. The highest BCUT2D eigenvalue weighted by atomic mass is 32.2. The van der Waals surface area contributed by atoms with Crippen LogP contribution in [-0.4, -0.2) is 50.4 Å². The van der Waals surface area contributed by atoms with Gasteiger partial charge in [0.1, 0.15) is 30.0 Å². The van der Waals surface area contributed by atoms with E-state index in [-0.39, 0.29) is 23.2 Å². The van der Waals surface area contributed by atoms with Crippen LogP contribution in [0.4, 0.5) is 14.5 Å². The lowest BCUT2D eigenvalue weighted by Gasteiger charge is -2.32. The second kappa shape index (κ2) is 14.1. The maximum absolute atomic E-state index is 13.9. The van der Waals surface area contributed by atoms with Crippen LogP contribution in [-0.2, 0) is 26.2 Å². The smallest absolute Gasteiger partial charge is 0.264 e. The maximum Gasteiger partial charge on any atom is 0.264 e. The first kappa shape index (κ1) is 31.5. The van der Waals surface area contributed by atoms with Crippen molar-refractivity contribution >= 4 is 27.5 Å². The number of carbonyl (C=O) groups is 2. The van der Waals surface area contributed by atoms with E-state index in [1.54, 1.807) is 19.1 Å². The van der Waals surface area contributed by atoms with Crippen LogP contribution in [0.15, 0.2) is 77.7 Å². The topological polar surface area (TPSA) is 96.0 Å². The van der Waals surface area contributed by atoms with Crippen LogP contribution in [0.5, 0.6) is 5.75 Å². The van der Waals surface area contributed by atoms with Gasteiger partial charge in [0.15, 0.2) is 0 Å². The molecule has 2 atom stereocenters. The molecular formula is C30H35F2N3O5S. The molecule has 0 fully saturated rings. The molecule has 0 spiro atoms. The van der Waals surface area contributed by atoms with Crippen molar-refractivity contribution in [1.82, 2.24) is 10.2 Å². The van der Waals surface area contributed by atoms with Gasteiger partial charge in [-0.3, -0.25) is 13.9 Å². The zero-order chi connectivity index (χ0) is 30.2. The molecular weight excluding hydrogens is 552 g/mol. The Morgan fingerprint density at radius 3 is 1.98 bits per heavy atom. The minimum Gasteiger partial charge on any atom is -0.494 e. The number of hydrogen-bond donors (Lipinski definition) is 1. The highest BCUT2D eigenvalue weighted by Gasteiger charge is 2.33. The van der Waals surface area contributed by atoms with E-state index < -0.39 is 46.1 Å². The van der Waals surface area contributed by atoms with E-state index >= 15 is 0 Å². The third-order valence-corrected chi connectivity index (χ3v) is 8.34. The molecule has 0 saturated heterocycles. The Balaban J connectivity index is 2.02. The number of benzene rings is 3. The normalized spacial score (nSPS) is 12.7. The molecule has 1 N–H and O–H groups in total. The molecule has 0 aliphatic carbocycles. The van der Waals surface area contributed by atoms with Gasteiger partial charge in [-0.05, 0) is 93.4 Å². The van der Waals surface area contributed by atoms with Gasteiger partial charge in [0.2, 0.25) is 11.8 Å². The fraction of sp³-hybridized carbons (Fsp3) is 0.333. The first-order valence-electron chi connectivity index (χ1n) is 13.3. The maximum atomic E-state index is 13.9. The van der Waals surface area contributed by atoms with Crippen LogP contribution in [0.25, 0.3) is 0 Å². The van der Waals surface area contributed by atoms with Gasteiger partial charge in [-0.25, -0.2) is 17.2 Å². The van der Waals surface area contributed by atoms with E-state index in [4.69, 9.17) is 4.74 Å². The molecule has 0 aliphatic heterocycles. The Morgan fingerprint density at radius 1 is 0.878 bits per heavy atom. The Kier molecular flexibility index (Phi) is 10.8. The number of nitrogens with zero attached hydrogens (tertiary/aromatic N) is 2. The van der Waals surface area contributed by atoms with Gasteiger partial charge in [0.05, 0.1) is 17.2 Å². The van der Waals surface area contributed by atoms with Crippen molar-refractivity contribution in [2.24, 2.45) is 0 Å². The fourth-order valence-corrected chi connectivity index (χ4v) is 5.39. The molecule has 8 nitrogen and oxygen atoms in total. The first-order chi connectivity index (χ1) is 19.5. The second-order valence-corrected chi connectivity index (χ2v) is 11.4. The zero-order valence-electron chi connectivity index (χ0n) is 23.5. The summed E-state index contributed by atoms with van der Waals surface area (Å²) in [5.74, 6) is -1.64. The summed E-state index contributed by atoms with van der Waals surface area (Å²) in [5.41, 5.74) is 0.724. The third kappa shape index (κ3) is 8.26. The summed E-state index contributed by atoms with van der Waals surface area (Å²) >= 11 is 0. The number of anilines is 1. The third-order valence-electron chi connectivity index (χ3n) is 6.55. The molecule has 0 aromatic heterocycles. The highest BCUT2D eigenvalue weighted by molar-refractivity contribution is 7.92. The van der Waals surface area contributed by atoms with Crippen LogP contribution in [0, 0.1) is 11.6 Å². The van der Waals surface area contributed by atoms with Gasteiger partial charge in [-0.2, -0.15) is 0 Å². The predicted molar refractivity (Wildman–Crippen MR) is 153 cm³/mol. The largest absolute Gasteiger partial charge is 0.494 e. The quantitative estimate of drug-likeness (QED) is 0.307. The summed E-state index contributed by atoms with van der Waals surface area (Å²) in [6.45, 7) is 6.79. The molecule has 3 aromatic carbocycles.